The quantitative estimate of drug-likeness (QED) is 0.525. The monoisotopic (exact) mass is 424 g/mol. The largest absolute Gasteiger partial charge is 0.454 e. The van der Waals surface area contributed by atoms with Crippen LogP contribution in [0.3, 0.4) is 0 Å². The second-order valence-electron chi connectivity index (χ2n) is 7.76. The van der Waals surface area contributed by atoms with Gasteiger partial charge in [0.05, 0.1) is 24.0 Å². The molecule has 3 aromatic carbocycles. The van der Waals surface area contributed by atoms with Crippen LogP contribution in [0.25, 0.3) is 0 Å². The summed E-state index contributed by atoms with van der Waals surface area (Å²) in [6, 6.07) is 23.3. The average molecular weight is 424 g/mol. The SMILES string of the molecule is O=C1c2ccccc2NC(c2cnn(Cc3ccccc3)c2)N1c1ccc2c(c1)OCO2. The number of nitrogens with zero attached hydrogens (tertiary/aromatic N) is 3. The number of carbonyl (C=O) groups is 1. The molecule has 1 N–H and O–H groups in total. The molecule has 7 nitrogen and oxygen atoms in total. The van der Waals surface area contributed by atoms with Crippen LogP contribution in [0.4, 0.5) is 11.4 Å². The highest BCUT2D eigenvalue weighted by molar-refractivity contribution is 6.12. The summed E-state index contributed by atoms with van der Waals surface area (Å²) in [7, 11) is 0. The van der Waals surface area contributed by atoms with Crippen LogP contribution in [-0.4, -0.2) is 22.5 Å². The van der Waals surface area contributed by atoms with Crippen molar-refractivity contribution in [3.8, 4) is 11.5 Å². The van der Waals surface area contributed by atoms with Crippen LogP contribution in [0, 0.1) is 0 Å². The number of hydrogen-bond acceptors (Lipinski definition) is 5. The Bertz CT molecular complexity index is 1300. The molecule has 32 heavy (non-hydrogen) atoms. The molecule has 1 amide bonds. The van der Waals surface area contributed by atoms with E-state index in [9.17, 15) is 4.79 Å². The molecule has 158 valence electrons. The first-order valence-corrected chi connectivity index (χ1v) is 10.4. The van der Waals surface area contributed by atoms with E-state index in [2.05, 4.69) is 22.5 Å². The second-order valence-corrected chi connectivity index (χ2v) is 7.76. The summed E-state index contributed by atoms with van der Waals surface area (Å²) < 4.78 is 12.9. The third kappa shape index (κ3) is 3.15. The van der Waals surface area contributed by atoms with E-state index in [1.807, 2.05) is 77.7 Å². The van der Waals surface area contributed by atoms with E-state index in [0.29, 0.717) is 23.6 Å². The first-order chi connectivity index (χ1) is 15.8. The van der Waals surface area contributed by atoms with Crippen molar-refractivity contribution < 1.29 is 14.3 Å². The van der Waals surface area contributed by atoms with Crippen LogP contribution in [-0.2, 0) is 6.54 Å². The maximum absolute atomic E-state index is 13.6. The van der Waals surface area contributed by atoms with Gasteiger partial charge < -0.3 is 14.8 Å². The van der Waals surface area contributed by atoms with E-state index in [1.165, 1.54) is 0 Å². The molecule has 1 atom stereocenters. The Hall–Kier alpha value is -4.26. The summed E-state index contributed by atoms with van der Waals surface area (Å²) in [5.74, 6) is 1.23. The minimum Gasteiger partial charge on any atom is -0.454 e. The number of rotatable bonds is 4. The van der Waals surface area contributed by atoms with E-state index < -0.39 is 6.17 Å². The molecule has 0 spiro atoms. The Kier molecular flexibility index (Phi) is 4.31. The fraction of sp³-hybridized carbons (Fsp3) is 0.120. The molecular weight excluding hydrogens is 404 g/mol. The van der Waals surface area contributed by atoms with E-state index in [1.54, 1.807) is 4.90 Å². The van der Waals surface area contributed by atoms with E-state index in [4.69, 9.17) is 9.47 Å². The molecule has 4 aromatic rings. The van der Waals surface area contributed by atoms with Gasteiger partial charge in [0.15, 0.2) is 11.5 Å². The van der Waals surface area contributed by atoms with E-state index in [-0.39, 0.29) is 12.7 Å². The van der Waals surface area contributed by atoms with Gasteiger partial charge in [0.2, 0.25) is 6.79 Å². The third-order valence-corrected chi connectivity index (χ3v) is 5.72. The second kappa shape index (κ2) is 7.46. The predicted molar refractivity (Wildman–Crippen MR) is 120 cm³/mol. The normalized spacial score (nSPS) is 16.6. The van der Waals surface area contributed by atoms with Crippen LogP contribution in [0.15, 0.2) is 85.2 Å². The van der Waals surface area contributed by atoms with Gasteiger partial charge in [0.25, 0.3) is 5.91 Å². The fourth-order valence-corrected chi connectivity index (χ4v) is 4.17. The highest BCUT2D eigenvalue weighted by Gasteiger charge is 2.35. The number of hydrogen-bond donors (Lipinski definition) is 1. The van der Waals surface area contributed by atoms with Crippen molar-refractivity contribution in [2.75, 3.05) is 17.0 Å². The first kappa shape index (κ1) is 18.5. The topological polar surface area (TPSA) is 68.6 Å². The van der Waals surface area contributed by atoms with Gasteiger partial charge in [0.1, 0.15) is 6.17 Å². The number of aromatic nitrogens is 2. The molecule has 0 aliphatic carbocycles. The summed E-state index contributed by atoms with van der Waals surface area (Å²) in [6.07, 6.45) is 3.37. The summed E-state index contributed by atoms with van der Waals surface area (Å²) in [5, 5.41) is 8.06. The maximum atomic E-state index is 13.6. The van der Waals surface area contributed by atoms with Crippen molar-refractivity contribution in [1.82, 2.24) is 9.78 Å². The van der Waals surface area contributed by atoms with Crippen molar-refractivity contribution >= 4 is 17.3 Å². The zero-order valence-corrected chi connectivity index (χ0v) is 17.1. The highest BCUT2D eigenvalue weighted by Crippen LogP contribution is 2.41. The minimum absolute atomic E-state index is 0.0842. The van der Waals surface area contributed by atoms with Crippen molar-refractivity contribution in [1.29, 1.82) is 0 Å². The lowest BCUT2D eigenvalue weighted by molar-refractivity contribution is 0.0975. The summed E-state index contributed by atoms with van der Waals surface area (Å²) in [5.41, 5.74) is 4.20. The molecule has 0 saturated heterocycles. The van der Waals surface area contributed by atoms with Crippen molar-refractivity contribution in [3.05, 3.63) is 102 Å². The number of fused-ring (bicyclic) bond motifs is 2. The van der Waals surface area contributed by atoms with Crippen LogP contribution < -0.4 is 19.7 Å². The molecule has 6 rings (SSSR count). The third-order valence-electron chi connectivity index (χ3n) is 5.72. The van der Waals surface area contributed by atoms with Gasteiger partial charge in [0, 0.05) is 23.5 Å². The van der Waals surface area contributed by atoms with Crippen molar-refractivity contribution in [2.45, 2.75) is 12.7 Å². The summed E-state index contributed by atoms with van der Waals surface area (Å²) in [6.45, 7) is 0.839. The number of amides is 1. The Morgan fingerprint density at radius 2 is 1.78 bits per heavy atom. The van der Waals surface area contributed by atoms with Gasteiger partial charge in [-0.25, -0.2) is 0 Å². The number of ether oxygens (including phenoxy) is 2. The molecule has 0 saturated carbocycles. The molecule has 2 aliphatic heterocycles. The lowest BCUT2D eigenvalue weighted by atomic mass is 10.0. The van der Waals surface area contributed by atoms with Crippen LogP contribution in [0.1, 0.15) is 27.7 Å². The number of carbonyl (C=O) groups excluding carboxylic acids is 1. The van der Waals surface area contributed by atoms with Crippen LogP contribution in [0.5, 0.6) is 11.5 Å². The van der Waals surface area contributed by atoms with Gasteiger partial charge in [-0.05, 0) is 29.8 Å². The van der Waals surface area contributed by atoms with Gasteiger partial charge in [-0.2, -0.15) is 5.10 Å². The van der Waals surface area contributed by atoms with Crippen molar-refractivity contribution in [2.24, 2.45) is 0 Å². The molecule has 0 radical (unpaired) electrons. The number of para-hydroxylation sites is 1. The molecule has 1 unspecified atom stereocenters. The lowest BCUT2D eigenvalue weighted by Gasteiger charge is -2.37. The smallest absolute Gasteiger partial charge is 0.262 e. The first-order valence-electron chi connectivity index (χ1n) is 10.4. The maximum Gasteiger partial charge on any atom is 0.262 e. The zero-order chi connectivity index (χ0) is 21.5. The summed E-state index contributed by atoms with van der Waals surface area (Å²) >= 11 is 0. The lowest BCUT2D eigenvalue weighted by Crippen LogP contribution is -2.43. The molecule has 0 bridgehead atoms. The Morgan fingerprint density at radius 3 is 2.69 bits per heavy atom. The Balaban J connectivity index is 1.39. The van der Waals surface area contributed by atoms with Gasteiger partial charge >= 0.3 is 0 Å². The summed E-state index contributed by atoms with van der Waals surface area (Å²) in [4.78, 5) is 15.3. The number of nitrogens with one attached hydrogen (secondary N) is 1. The Labute approximate surface area is 184 Å². The molecule has 0 fully saturated rings. The molecule has 7 heteroatoms. The average Bonchev–Trinajstić information content (AvgIpc) is 3.49. The highest BCUT2D eigenvalue weighted by atomic mass is 16.7. The van der Waals surface area contributed by atoms with E-state index >= 15 is 0 Å². The molecule has 1 aromatic heterocycles. The Morgan fingerprint density at radius 1 is 0.969 bits per heavy atom. The number of benzene rings is 3. The van der Waals surface area contributed by atoms with Gasteiger partial charge in [-0.3, -0.25) is 14.4 Å². The van der Waals surface area contributed by atoms with Crippen LogP contribution >= 0.6 is 0 Å². The predicted octanol–water partition coefficient (Wildman–Crippen LogP) is 4.43. The van der Waals surface area contributed by atoms with Gasteiger partial charge in [-0.15, -0.1) is 0 Å². The molecule has 3 heterocycles. The standard InChI is InChI=1S/C25H20N4O3/c30-25-20-8-4-5-9-21(20)27-24(29(25)19-10-11-22-23(12-19)32-16-31-22)18-13-26-28(15-18)14-17-6-2-1-3-7-17/h1-13,15,24,27H,14,16H2. The van der Waals surface area contributed by atoms with Crippen molar-refractivity contribution in [3.63, 3.8) is 0 Å². The zero-order valence-electron chi connectivity index (χ0n) is 17.1. The molecular formula is C25H20N4O3. The fourth-order valence-electron chi connectivity index (χ4n) is 4.17. The van der Waals surface area contributed by atoms with Gasteiger partial charge in [-0.1, -0.05) is 42.5 Å². The molecule has 2 aliphatic rings. The van der Waals surface area contributed by atoms with E-state index in [0.717, 1.165) is 22.5 Å². The minimum atomic E-state index is -0.415. The number of anilines is 2. The van der Waals surface area contributed by atoms with Crippen LogP contribution in [0.2, 0.25) is 0 Å².